The zero-order valence-corrected chi connectivity index (χ0v) is 10.8. The molecule has 0 heterocycles. The third-order valence-corrected chi connectivity index (χ3v) is 3.17. The lowest BCUT2D eigenvalue weighted by Crippen LogP contribution is -2.29. The van der Waals surface area contributed by atoms with E-state index in [-0.39, 0.29) is 5.91 Å². The third-order valence-electron chi connectivity index (χ3n) is 2.62. The molecule has 1 saturated carbocycles. The predicted octanol–water partition coefficient (Wildman–Crippen LogP) is 2.93. The van der Waals surface area contributed by atoms with Crippen LogP contribution in [0.1, 0.15) is 12.8 Å². The molecule has 1 amide bonds. The van der Waals surface area contributed by atoms with Crippen LogP contribution < -0.4 is 10.6 Å². The van der Waals surface area contributed by atoms with Gasteiger partial charge < -0.3 is 10.6 Å². The maximum atomic E-state index is 11.6. The number of amides is 1. The molecule has 1 aliphatic carbocycles. The minimum atomic E-state index is -0.0881. The first-order valence-electron chi connectivity index (χ1n) is 5.61. The van der Waals surface area contributed by atoms with Gasteiger partial charge in [-0.05, 0) is 43.5 Å². The molecule has 0 atom stereocenters. The van der Waals surface area contributed by atoms with Gasteiger partial charge in [0.05, 0.1) is 17.3 Å². The van der Waals surface area contributed by atoms with Crippen molar-refractivity contribution in [2.75, 3.05) is 18.4 Å². The molecule has 0 aliphatic heterocycles. The van der Waals surface area contributed by atoms with Gasteiger partial charge in [0.2, 0.25) is 5.91 Å². The van der Waals surface area contributed by atoms with Crippen LogP contribution in [0.15, 0.2) is 18.2 Å². The Morgan fingerprint density at radius 2 is 2.12 bits per heavy atom. The summed E-state index contributed by atoms with van der Waals surface area (Å²) in [5, 5.41) is 6.86. The van der Waals surface area contributed by atoms with E-state index in [4.69, 9.17) is 23.2 Å². The van der Waals surface area contributed by atoms with Crippen molar-refractivity contribution in [3.8, 4) is 0 Å². The minimum absolute atomic E-state index is 0.0881. The standard InChI is InChI=1S/C12H14Cl2N2O/c13-9-3-4-11(10(14)5-9)16-12(17)7-15-6-8-1-2-8/h3-5,8,15H,1-2,6-7H2,(H,16,17). The number of hydrogen-bond acceptors (Lipinski definition) is 2. The summed E-state index contributed by atoms with van der Waals surface area (Å²) >= 11 is 11.7. The molecule has 3 nitrogen and oxygen atoms in total. The van der Waals surface area contributed by atoms with Gasteiger partial charge in [-0.25, -0.2) is 0 Å². The summed E-state index contributed by atoms with van der Waals surface area (Å²) in [6.07, 6.45) is 2.55. The number of anilines is 1. The van der Waals surface area contributed by atoms with Gasteiger partial charge in [0.1, 0.15) is 0 Å². The maximum absolute atomic E-state index is 11.6. The summed E-state index contributed by atoms with van der Waals surface area (Å²) in [7, 11) is 0. The minimum Gasteiger partial charge on any atom is -0.324 e. The first-order chi connectivity index (χ1) is 8.15. The SMILES string of the molecule is O=C(CNCC1CC1)Nc1ccc(Cl)cc1Cl. The van der Waals surface area contributed by atoms with Gasteiger partial charge in [-0.15, -0.1) is 0 Å². The molecule has 1 fully saturated rings. The van der Waals surface area contributed by atoms with Crippen LogP contribution in [-0.4, -0.2) is 19.0 Å². The lowest BCUT2D eigenvalue weighted by atomic mass is 10.3. The molecule has 1 aromatic rings. The summed E-state index contributed by atoms with van der Waals surface area (Å²) in [5.74, 6) is 0.678. The predicted molar refractivity (Wildman–Crippen MR) is 70.7 cm³/mol. The van der Waals surface area contributed by atoms with E-state index in [1.54, 1.807) is 18.2 Å². The number of rotatable bonds is 5. The number of carbonyl (C=O) groups is 1. The number of halogens is 2. The molecule has 1 aliphatic rings. The van der Waals surface area contributed by atoms with Crippen LogP contribution in [0.25, 0.3) is 0 Å². The second-order valence-electron chi connectivity index (χ2n) is 4.25. The Kier molecular flexibility index (Phi) is 4.26. The number of nitrogens with one attached hydrogen (secondary N) is 2. The van der Waals surface area contributed by atoms with Crippen LogP contribution in [0.5, 0.6) is 0 Å². The van der Waals surface area contributed by atoms with Gasteiger partial charge >= 0.3 is 0 Å². The van der Waals surface area contributed by atoms with Gasteiger partial charge in [0.25, 0.3) is 0 Å². The molecule has 0 saturated heterocycles. The number of benzene rings is 1. The van der Waals surface area contributed by atoms with Gasteiger partial charge in [-0.1, -0.05) is 23.2 Å². The Labute approximate surface area is 110 Å². The number of hydrogen-bond donors (Lipinski definition) is 2. The van der Waals surface area contributed by atoms with Crippen molar-refractivity contribution < 1.29 is 4.79 Å². The summed E-state index contributed by atoms with van der Waals surface area (Å²) in [5.41, 5.74) is 0.592. The smallest absolute Gasteiger partial charge is 0.238 e. The summed E-state index contributed by atoms with van der Waals surface area (Å²) in [4.78, 5) is 11.6. The van der Waals surface area contributed by atoms with Crippen molar-refractivity contribution in [2.45, 2.75) is 12.8 Å². The Morgan fingerprint density at radius 3 is 2.76 bits per heavy atom. The van der Waals surface area contributed by atoms with Gasteiger partial charge in [0, 0.05) is 5.02 Å². The molecule has 0 bridgehead atoms. The molecule has 0 radical (unpaired) electrons. The average molecular weight is 273 g/mol. The second-order valence-corrected chi connectivity index (χ2v) is 5.09. The third kappa shape index (κ3) is 4.19. The van der Waals surface area contributed by atoms with E-state index in [0.717, 1.165) is 12.5 Å². The molecule has 0 aromatic heterocycles. The summed E-state index contributed by atoms with van der Waals surface area (Å²) < 4.78 is 0. The topological polar surface area (TPSA) is 41.1 Å². The van der Waals surface area contributed by atoms with Crippen LogP contribution in [0, 0.1) is 5.92 Å². The molecule has 2 N–H and O–H groups in total. The molecular formula is C12H14Cl2N2O. The highest BCUT2D eigenvalue weighted by molar-refractivity contribution is 6.36. The molecule has 0 spiro atoms. The molecule has 0 unspecified atom stereocenters. The molecule has 1 aromatic carbocycles. The first-order valence-corrected chi connectivity index (χ1v) is 6.36. The van der Waals surface area contributed by atoms with Crippen molar-refractivity contribution in [3.05, 3.63) is 28.2 Å². The Bertz CT molecular complexity index is 419. The Balaban J connectivity index is 1.79. The molecular weight excluding hydrogens is 259 g/mol. The van der Waals surface area contributed by atoms with E-state index in [9.17, 15) is 4.79 Å². The zero-order chi connectivity index (χ0) is 12.3. The van der Waals surface area contributed by atoms with Crippen LogP contribution in [0.4, 0.5) is 5.69 Å². The Morgan fingerprint density at radius 1 is 1.35 bits per heavy atom. The number of carbonyl (C=O) groups excluding carboxylic acids is 1. The van der Waals surface area contributed by atoms with E-state index >= 15 is 0 Å². The molecule has 92 valence electrons. The quantitative estimate of drug-likeness (QED) is 0.866. The molecule has 2 rings (SSSR count). The maximum Gasteiger partial charge on any atom is 0.238 e. The van der Waals surface area contributed by atoms with Gasteiger partial charge in [-0.2, -0.15) is 0 Å². The fraction of sp³-hybridized carbons (Fsp3) is 0.417. The van der Waals surface area contributed by atoms with E-state index in [0.29, 0.717) is 22.3 Å². The highest BCUT2D eigenvalue weighted by Gasteiger charge is 2.20. The van der Waals surface area contributed by atoms with Crippen molar-refractivity contribution in [2.24, 2.45) is 5.92 Å². The first kappa shape index (κ1) is 12.7. The lowest BCUT2D eigenvalue weighted by Gasteiger charge is -2.08. The van der Waals surface area contributed by atoms with Crippen LogP contribution >= 0.6 is 23.2 Å². The van der Waals surface area contributed by atoms with Gasteiger partial charge in [0.15, 0.2) is 0 Å². The summed E-state index contributed by atoms with van der Waals surface area (Å²) in [6, 6.07) is 5.00. The highest BCUT2D eigenvalue weighted by Crippen LogP contribution is 2.27. The van der Waals surface area contributed by atoms with Crippen molar-refractivity contribution in [3.63, 3.8) is 0 Å². The van der Waals surface area contributed by atoms with E-state index in [1.165, 1.54) is 12.8 Å². The monoisotopic (exact) mass is 272 g/mol. The average Bonchev–Trinajstić information content (AvgIpc) is 3.06. The Hall–Kier alpha value is -0.770. The van der Waals surface area contributed by atoms with E-state index in [1.807, 2.05) is 0 Å². The van der Waals surface area contributed by atoms with Gasteiger partial charge in [-0.3, -0.25) is 4.79 Å². The lowest BCUT2D eigenvalue weighted by molar-refractivity contribution is -0.115. The fourth-order valence-corrected chi connectivity index (χ4v) is 1.95. The van der Waals surface area contributed by atoms with E-state index < -0.39 is 0 Å². The van der Waals surface area contributed by atoms with E-state index in [2.05, 4.69) is 10.6 Å². The largest absolute Gasteiger partial charge is 0.324 e. The van der Waals surface area contributed by atoms with Crippen LogP contribution in [-0.2, 0) is 4.79 Å². The summed E-state index contributed by atoms with van der Waals surface area (Å²) in [6.45, 7) is 1.23. The fourth-order valence-electron chi connectivity index (χ4n) is 1.50. The highest BCUT2D eigenvalue weighted by atomic mass is 35.5. The second kappa shape index (κ2) is 5.71. The van der Waals surface area contributed by atoms with Crippen molar-refractivity contribution in [1.82, 2.24) is 5.32 Å². The van der Waals surface area contributed by atoms with Crippen LogP contribution in [0.3, 0.4) is 0 Å². The molecule has 17 heavy (non-hydrogen) atoms. The van der Waals surface area contributed by atoms with Crippen molar-refractivity contribution >= 4 is 34.8 Å². The van der Waals surface area contributed by atoms with Crippen molar-refractivity contribution in [1.29, 1.82) is 0 Å². The normalized spacial score (nSPS) is 14.7. The van der Waals surface area contributed by atoms with Crippen LogP contribution in [0.2, 0.25) is 10.0 Å². The molecule has 5 heteroatoms. The zero-order valence-electron chi connectivity index (χ0n) is 9.30.